The lowest BCUT2D eigenvalue weighted by molar-refractivity contribution is 0.0990. The van der Waals surface area contributed by atoms with Gasteiger partial charge in [0.15, 0.2) is 0 Å². The van der Waals surface area contributed by atoms with E-state index >= 15 is 0 Å². The number of rotatable bonds is 1. The van der Waals surface area contributed by atoms with Crippen molar-refractivity contribution in [3.8, 4) is 0 Å². The molecule has 0 aromatic carbocycles. The molecule has 0 aliphatic heterocycles. The zero-order valence-corrected chi connectivity index (χ0v) is 8.15. The van der Waals surface area contributed by atoms with E-state index in [4.69, 9.17) is 5.73 Å². The summed E-state index contributed by atoms with van der Waals surface area (Å²) in [7, 11) is 0. The van der Waals surface area contributed by atoms with E-state index in [1.165, 1.54) is 0 Å². The van der Waals surface area contributed by atoms with Crippen LogP contribution in [0.25, 0.3) is 5.52 Å². The molecule has 5 heteroatoms. The maximum absolute atomic E-state index is 10.9. The number of nitrogens with two attached hydrogens (primary N) is 1. The Morgan fingerprint density at radius 3 is 3.08 bits per heavy atom. The molecule has 0 unspecified atom stereocenters. The number of nitrogens with zero attached hydrogens (tertiary/aromatic N) is 2. The van der Waals surface area contributed by atoms with Gasteiger partial charge in [-0.3, -0.25) is 9.20 Å². The molecule has 0 saturated carbocycles. The Labute approximate surface area is 82.5 Å². The van der Waals surface area contributed by atoms with Gasteiger partial charge < -0.3 is 5.73 Å². The molecular formula is C8H6BrN3O. The molecule has 13 heavy (non-hydrogen) atoms. The summed E-state index contributed by atoms with van der Waals surface area (Å²) < 4.78 is 2.59. The second-order valence-corrected chi connectivity index (χ2v) is 3.50. The minimum absolute atomic E-state index is 0.252. The van der Waals surface area contributed by atoms with E-state index in [0.29, 0.717) is 0 Å². The highest BCUT2D eigenvalue weighted by Crippen LogP contribution is 2.14. The van der Waals surface area contributed by atoms with Gasteiger partial charge in [-0.05, 0) is 12.1 Å². The molecule has 2 heterocycles. The molecule has 0 bridgehead atoms. The molecule has 2 N–H and O–H groups in total. The maximum atomic E-state index is 10.9. The van der Waals surface area contributed by atoms with Gasteiger partial charge in [-0.15, -0.1) is 0 Å². The Balaban J connectivity index is 2.76. The van der Waals surface area contributed by atoms with Gasteiger partial charge in [0.05, 0.1) is 11.7 Å². The number of primary amides is 1. The van der Waals surface area contributed by atoms with Gasteiger partial charge >= 0.3 is 0 Å². The Bertz CT molecular complexity index is 477. The van der Waals surface area contributed by atoms with Gasteiger partial charge in [0, 0.05) is 10.7 Å². The number of halogens is 1. The average Bonchev–Trinajstić information content (AvgIpc) is 2.46. The second kappa shape index (κ2) is 2.85. The third-order valence-electron chi connectivity index (χ3n) is 1.71. The zero-order valence-electron chi connectivity index (χ0n) is 6.57. The molecule has 0 atom stereocenters. The molecule has 2 rings (SSSR count). The molecule has 0 radical (unpaired) electrons. The van der Waals surface area contributed by atoms with Crippen LogP contribution in [0.15, 0.2) is 29.0 Å². The number of amides is 1. The highest BCUT2D eigenvalue weighted by Gasteiger charge is 2.07. The van der Waals surface area contributed by atoms with Crippen molar-refractivity contribution in [2.24, 2.45) is 5.73 Å². The number of carbonyl (C=O) groups excluding carboxylic acids is 1. The summed E-state index contributed by atoms with van der Waals surface area (Å²) in [5.41, 5.74) is 5.96. The first-order valence-electron chi connectivity index (χ1n) is 3.61. The van der Waals surface area contributed by atoms with Crippen LogP contribution in [0.2, 0.25) is 0 Å². The van der Waals surface area contributed by atoms with Gasteiger partial charge in [0.2, 0.25) is 5.82 Å². The van der Waals surface area contributed by atoms with E-state index in [2.05, 4.69) is 20.9 Å². The van der Waals surface area contributed by atoms with E-state index in [0.717, 1.165) is 9.99 Å². The van der Waals surface area contributed by atoms with Gasteiger partial charge in [-0.25, -0.2) is 4.98 Å². The van der Waals surface area contributed by atoms with Gasteiger partial charge in [0.1, 0.15) is 0 Å². The predicted molar refractivity (Wildman–Crippen MR) is 51.4 cm³/mol. The minimum atomic E-state index is -0.526. The molecule has 0 saturated heterocycles. The van der Waals surface area contributed by atoms with Crippen LogP contribution in [-0.4, -0.2) is 15.3 Å². The Morgan fingerprint density at radius 2 is 2.38 bits per heavy atom. The lowest BCUT2D eigenvalue weighted by Crippen LogP contribution is -2.14. The van der Waals surface area contributed by atoms with Crippen molar-refractivity contribution in [2.75, 3.05) is 0 Å². The Kier molecular flexibility index (Phi) is 1.81. The standard InChI is InChI=1S/C8H6BrN3O/c9-5-1-2-12-6(3-5)4-11-8(12)7(10)13/h1-4H,(H2,10,13). The first kappa shape index (κ1) is 8.25. The monoisotopic (exact) mass is 239 g/mol. The number of imidazole rings is 1. The summed E-state index contributed by atoms with van der Waals surface area (Å²) in [6.45, 7) is 0. The number of carbonyl (C=O) groups is 1. The number of fused-ring (bicyclic) bond motifs is 1. The SMILES string of the molecule is NC(=O)c1ncc2cc(Br)ccn12. The molecule has 2 aromatic heterocycles. The van der Waals surface area contributed by atoms with Crippen molar-refractivity contribution in [3.05, 3.63) is 34.8 Å². The predicted octanol–water partition coefficient (Wildman–Crippen LogP) is 1.20. The normalized spacial score (nSPS) is 10.5. The van der Waals surface area contributed by atoms with Gasteiger partial charge in [0.25, 0.3) is 5.91 Å². The molecule has 4 nitrogen and oxygen atoms in total. The highest BCUT2D eigenvalue weighted by molar-refractivity contribution is 9.10. The lowest BCUT2D eigenvalue weighted by atomic mass is 10.4. The fourth-order valence-corrected chi connectivity index (χ4v) is 1.51. The summed E-state index contributed by atoms with van der Waals surface area (Å²) >= 11 is 3.32. The third kappa shape index (κ3) is 1.31. The van der Waals surface area contributed by atoms with Crippen LogP contribution in [0.1, 0.15) is 10.6 Å². The number of hydrogen-bond acceptors (Lipinski definition) is 2. The van der Waals surface area contributed by atoms with Crippen LogP contribution >= 0.6 is 15.9 Å². The smallest absolute Gasteiger partial charge is 0.285 e. The number of pyridine rings is 1. The first-order valence-corrected chi connectivity index (χ1v) is 4.40. The zero-order chi connectivity index (χ0) is 9.42. The number of aromatic nitrogens is 2. The third-order valence-corrected chi connectivity index (χ3v) is 2.21. The Morgan fingerprint density at radius 1 is 1.62 bits per heavy atom. The van der Waals surface area contributed by atoms with Crippen LogP contribution in [0.5, 0.6) is 0 Å². The average molecular weight is 240 g/mol. The highest BCUT2D eigenvalue weighted by atomic mass is 79.9. The molecule has 0 fully saturated rings. The summed E-state index contributed by atoms with van der Waals surface area (Å²) in [6, 6.07) is 3.68. The Hall–Kier alpha value is -1.36. The summed E-state index contributed by atoms with van der Waals surface area (Å²) in [5, 5.41) is 0. The molecule has 66 valence electrons. The molecule has 1 amide bonds. The molecule has 2 aromatic rings. The maximum Gasteiger partial charge on any atom is 0.285 e. The van der Waals surface area contributed by atoms with E-state index in [1.54, 1.807) is 16.8 Å². The summed E-state index contributed by atoms with van der Waals surface area (Å²) in [6.07, 6.45) is 3.34. The lowest BCUT2D eigenvalue weighted by Gasteiger charge is -1.96. The second-order valence-electron chi connectivity index (χ2n) is 2.59. The van der Waals surface area contributed by atoms with Crippen LogP contribution in [0.4, 0.5) is 0 Å². The van der Waals surface area contributed by atoms with Gasteiger partial charge in [-0.2, -0.15) is 0 Å². The quantitative estimate of drug-likeness (QED) is 0.813. The van der Waals surface area contributed by atoms with E-state index in [1.807, 2.05) is 12.1 Å². The van der Waals surface area contributed by atoms with Crippen LogP contribution in [0, 0.1) is 0 Å². The van der Waals surface area contributed by atoms with Gasteiger partial charge in [-0.1, -0.05) is 15.9 Å². The van der Waals surface area contributed by atoms with Crippen LogP contribution < -0.4 is 5.73 Å². The van der Waals surface area contributed by atoms with Crippen LogP contribution in [-0.2, 0) is 0 Å². The number of hydrogen-bond donors (Lipinski definition) is 1. The van der Waals surface area contributed by atoms with Crippen molar-refractivity contribution in [2.45, 2.75) is 0 Å². The first-order chi connectivity index (χ1) is 6.18. The van der Waals surface area contributed by atoms with Crippen molar-refractivity contribution in [1.29, 1.82) is 0 Å². The van der Waals surface area contributed by atoms with Crippen molar-refractivity contribution in [1.82, 2.24) is 9.38 Å². The van der Waals surface area contributed by atoms with Crippen molar-refractivity contribution < 1.29 is 4.79 Å². The van der Waals surface area contributed by atoms with Crippen LogP contribution in [0.3, 0.4) is 0 Å². The minimum Gasteiger partial charge on any atom is -0.363 e. The van der Waals surface area contributed by atoms with E-state index in [-0.39, 0.29) is 5.82 Å². The summed E-state index contributed by atoms with van der Waals surface area (Å²) in [4.78, 5) is 14.8. The largest absolute Gasteiger partial charge is 0.363 e. The fourth-order valence-electron chi connectivity index (χ4n) is 1.15. The molecule has 0 spiro atoms. The topological polar surface area (TPSA) is 60.4 Å². The van der Waals surface area contributed by atoms with E-state index in [9.17, 15) is 4.79 Å². The molecule has 0 aliphatic carbocycles. The van der Waals surface area contributed by atoms with Crippen molar-refractivity contribution >= 4 is 27.4 Å². The van der Waals surface area contributed by atoms with E-state index < -0.39 is 5.91 Å². The molecule has 0 aliphatic rings. The van der Waals surface area contributed by atoms with Crippen molar-refractivity contribution in [3.63, 3.8) is 0 Å². The molecular weight excluding hydrogens is 234 g/mol. The summed E-state index contributed by atoms with van der Waals surface area (Å²) in [5.74, 6) is -0.273. The fraction of sp³-hybridized carbons (Fsp3) is 0.